The van der Waals surface area contributed by atoms with Crippen molar-refractivity contribution in [2.45, 2.75) is 51.3 Å². The number of Topliss-reactive ketones (excluding diaryl/α,β-unsaturated/α-hetero) is 1. The van der Waals surface area contributed by atoms with Crippen LogP contribution >= 0.6 is 0 Å². The Labute approximate surface area is 107 Å². The van der Waals surface area contributed by atoms with Crippen LogP contribution in [0.25, 0.3) is 0 Å². The number of likely N-dealkylation sites (N-methyl/N-ethyl adjacent to an activating group) is 1. The molecule has 0 spiro atoms. The van der Waals surface area contributed by atoms with E-state index in [1.165, 1.54) is 0 Å². The summed E-state index contributed by atoms with van der Waals surface area (Å²) in [6.07, 6.45) is -5.72. The van der Waals surface area contributed by atoms with Crippen LogP contribution in [-0.4, -0.2) is 64.7 Å². The number of ether oxygens (including phenoxy) is 1. The van der Waals surface area contributed by atoms with Crippen LogP contribution < -0.4 is 5.32 Å². The first-order chi connectivity index (χ1) is 8.40. The average Bonchev–Trinajstić information content (AvgIpc) is 2.34. The molecule has 6 nitrogen and oxygen atoms in total. The van der Waals surface area contributed by atoms with E-state index in [9.17, 15) is 20.1 Å². The fourth-order valence-corrected chi connectivity index (χ4v) is 1.97. The Balaban J connectivity index is 2.77. The first-order valence-corrected chi connectivity index (χ1v) is 6.34. The van der Waals surface area contributed by atoms with Gasteiger partial charge in [-0.1, -0.05) is 20.8 Å². The van der Waals surface area contributed by atoms with Gasteiger partial charge in [0.15, 0.2) is 5.78 Å². The number of carbonyl (C=O) groups excluding carboxylic acids is 1. The van der Waals surface area contributed by atoms with E-state index in [2.05, 4.69) is 5.32 Å². The molecule has 5 atom stereocenters. The lowest BCUT2D eigenvalue weighted by Gasteiger charge is -2.40. The molecule has 0 aromatic rings. The van der Waals surface area contributed by atoms with E-state index in [-0.39, 0.29) is 11.7 Å². The third kappa shape index (κ3) is 3.27. The molecule has 2 unspecified atom stereocenters. The summed E-state index contributed by atoms with van der Waals surface area (Å²) in [6, 6.07) is 0. The molecule has 6 heteroatoms. The largest absolute Gasteiger partial charge is 0.388 e. The molecule has 1 aliphatic heterocycles. The van der Waals surface area contributed by atoms with E-state index >= 15 is 0 Å². The van der Waals surface area contributed by atoms with Gasteiger partial charge >= 0.3 is 0 Å². The number of nitrogens with one attached hydrogen (secondary N) is 1. The summed E-state index contributed by atoms with van der Waals surface area (Å²) in [5.41, 5.74) is 0. The van der Waals surface area contributed by atoms with Crippen LogP contribution in [0.15, 0.2) is 0 Å². The fourth-order valence-electron chi connectivity index (χ4n) is 1.97. The number of hydrogen-bond donors (Lipinski definition) is 4. The Morgan fingerprint density at radius 1 is 1.22 bits per heavy atom. The smallest absolute Gasteiger partial charge is 0.166 e. The first-order valence-electron chi connectivity index (χ1n) is 6.34. The molecule has 1 aliphatic rings. The molecule has 0 saturated carbocycles. The molecule has 0 aromatic carbocycles. The average molecular weight is 261 g/mol. The predicted octanol–water partition coefficient (Wildman–Crippen LogP) is -1.33. The van der Waals surface area contributed by atoms with Gasteiger partial charge in [0.1, 0.15) is 24.4 Å². The zero-order chi connectivity index (χ0) is 13.9. The monoisotopic (exact) mass is 261 g/mol. The molecule has 4 N–H and O–H groups in total. The molecule has 0 aromatic heterocycles. The topological polar surface area (TPSA) is 99.0 Å². The van der Waals surface area contributed by atoms with Crippen molar-refractivity contribution in [2.75, 3.05) is 13.1 Å². The third-order valence-electron chi connectivity index (χ3n) is 3.16. The van der Waals surface area contributed by atoms with E-state index < -0.39 is 30.5 Å². The quantitative estimate of drug-likeness (QED) is 0.489. The van der Waals surface area contributed by atoms with Crippen LogP contribution in [0.5, 0.6) is 0 Å². The molecule has 0 amide bonds. The van der Waals surface area contributed by atoms with Crippen molar-refractivity contribution in [2.24, 2.45) is 5.92 Å². The Morgan fingerprint density at radius 2 is 1.83 bits per heavy atom. The maximum absolute atomic E-state index is 11.9. The molecule has 18 heavy (non-hydrogen) atoms. The Bertz CT molecular complexity index is 284. The summed E-state index contributed by atoms with van der Waals surface area (Å²) in [5.74, 6) is -0.568. The van der Waals surface area contributed by atoms with Crippen LogP contribution in [0.4, 0.5) is 0 Å². The van der Waals surface area contributed by atoms with Gasteiger partial charge in [-0.2, -0.15) is 0 Å². The Morgan fingerprint density at radius 3 is 2.33 bits per heavy atom. The van der Waals surface area contributed by atoms with Gasteiger partial charge in [-0.25, -0.2) is 0 Å². The molecule has 0 radical (unpaired) electrons. The third-order valence-corrected chi connectivity index (χ3v) is 3.16. The van der Waals surface area contributed by atoms with Crippen LogP contribution in [0.3, 0.4) is 0 Å². The molecule has 0 aliphatic carbocycles. The van der Waals surface area contributed by atoms with Crippen molar-refractivity contribution < 1.29 is 24.9 Å². The van der Waals surface area contributed by atoms with E-state index in [1.54, 1.807) is 13.8 Å². The second-order valence-corrected chi connectivity index (χ2v) is 4.93. The van der Waals surface area contributed by atoms with Gasteiger partial charge in [0, 0.05) is 12.5 Å². The Hall–Kier alpha value is -0.530. The minimum Gasteiger partial charge on any atom is -0.388 e. The molecule has 1 saturated heterocycles. The molecule has 1 fully saturated rings. The first kappa shape index (κ1) is 15.5. The summed E-state index contributed by atoms with van der Waals surface area (Å²) in [6.45, 7) is 6.32. The minimum atomic E-state index is -1.38. The lowest BCUT2D eigenvalue weighted by atomic mass is 9.89. The number of ketones is 1. The molecule has 1 heterocycles. The zero-order valence-electron chi connectivity index (χ0n) is 11.0. The van der Waals surface area contributed by atoms with Crippen LogP contribution in [0.2, 0.25) is 0 Å². The van der Waals surface area contributed by atoms with Crippen LogP contribution in [-0.2, 0) is 9.53 Å². The van der Waals surface area contributed by atoms with Crippen molar-refractivity contribution >= 4 is 5.78 Å². The summed E-state index contributed by atoms with van der Waals surface area (Å²) in [5, 5.41) is 32.3. The lowest BCUT2D eigenvalue weighted by molar-refractivity contribution is -0.219. The number of aliphatic hydroxyl groups is 3. The highest BCUT2D eigenvalue weighted by atomic mass is 16.5. The highest BCUT2D eigenvalue weighted by Crippen LogP contribution is 2.23. The summed E-state index contributed by atoms with van der Waals surface area (Å²) in [4.78, 5) is 11.9. The number of aliphatic hydroxyl groups excluding tert-OH is 3. The van der Waals surface area contributed by atoms with Gasteiger partial charge in [-0.15, -0.1) is 0 Å². The predicted molar refractivity (Wildman–Crippen MR) is 65.1 cm³/mol. The number of hydrogen-bond acceptors (Lipinski definition) is 6. The molecule has 0 bridgehead atoms. The van der Waals surface area contributed by atoms with Crippen molar-refractivity contribution in [3.63, 3.8) is 0 Å². The number of rotatable bonds is 5. The van der Waals surface area contributed by atoms with Gasteiger partial charge < -0.3 is 25.4 Å². The number of carbonyl (C=O) groups is 1. The van der Waals surface area contributed by atoms with Gasteiger partial charge in [0.25, 0.3) is 0 Å². The lowest BCUT2D eigenvalue weighted by Crippen LogP contribution is -2.62. The standard InChI is InChI=1S/C12H23NO5/c1-4-13-5-7-9(15)10(16)11(17)12(18-7)8(14)6(2)3/h6-7,9-13,15-17H,4-5H2,1-3H3/t7-,9?,10+,11?,12+/m0/s1. The van der Waals surface area contributed by atoms with Crippen molar-refractivity contribution in [3.05, 3.63) is 0 Å². The second-order valence-electron chi connectivity index (χ2n) is 4.93. The fraction of sp³-hybridized carbons (Fsp3) is 0.917. The van der Waals surface area contributed by atoms with E-state index in [1.807, 2.05) is 6.92 Å². The van der Waals surface area contributed by atoms with Gasteiger partial charge in [0.2, 0.25) is 0 Å². The van der Waals surface area contributed by atoms with Crippen LogP contribution in [0, 0.1) is 5.92 Å². The maximum Gasteiger partial charge on any atom is 0.166 e. The van der Waals surface area contributed by atoms with Crippen molar-refractivity contribution in [1.82, 2.24) is 5.32 Å². The normalized spacial score (nSPS) is 36.9. The summed E-state index contributed by atoms with van der Waals surface area (Å²) >= 11 is 0. The second kappa shape index (κ2) is 6.58. The molecule has 1 rings (SSSR count). The maximum atomic E-state index is 11.9. The highest BCUT2D eigenvalue weighted by molar-refractivity contribution is 5.85. The molecular formula is C12H23NO5. The van der Waals surface area contributed by atoms with E-state index in [4.69, 9.17) is 4.74 Å². The molecule has 106 valence electrons. The van der Waals surface area contributed by atoms with E-state index in [0.717, 1.165) is 0 Å². The van der Waals surface area contributed by atoms with E-state index in [0.29, 0.717) is 13.1 Å². The van der Waals surface area contributed by atoms with Crippen molar-refractivity contribution in [1.29, 1.82) is 0 Å². The zero-order valence-corrected chi connectivity index (χ0v) is 11.0. The van der Waals surface area contributed by atoms with Crippen LogP contribution in [0.1, 0.15) is 20.8 Å². The Kier molecular flexibility index (Phi) is 5.68. The SMILES string of the molecule is CCNC[C@@H]1O[C@H](C(=O)C(C)C)C(O)[C@H](O)C1O. The van der Waals surface area contributed by atoms with Gasteiger partial charge in [-0.3, -0.25) is 4.79 Å². The van der Waals surface area contributed by atoms with Gasteiger partial charge in [-0.05, 0) is 6.54 Å². The molecular weight excluding hydrogens is 238 g/mol. The van der Waals surface area contributed by atoms with Gasteiger partial charge in [0.05, 0.1) is 6.10 Å². The minimum absolute atomic E-state index is 0.269. The summed E-state index contributed by atoms with van der Waals surface area (Å²) < 4.78 is 5.43. The van der Waals surface area contributed by atoms with Crippen molar-refractivity contribution in [3.8, 4) is 0 Å². The highest BCUT2D eigenvalue weighted by Gasteiger charge is 2.46. The summed E-state index contributed by atoms with van der Waals surface area (Å²) in [7, 11) is 0.